The first-order valence-corrected chi connectivity index (χ1v) is 10.9. The molecule has 0 saturated heterocycles. The number of aryl methyl sites for hydroxylation is 4. The van der Waals surface area contributed by atoms with Gasteiger partial charge in [0.2, 0.25) is 5.91 Å². The number of ether oxygens (including phenoxy) is 1. The number of unbranched alkanes of at least 4 members (excludes halogenated alkanes) is 2. The summed E-state index contributed by atoms with van der Waals surface area (Å²) in [5.74, 6) is 2.15. The molecule has 1 N–H and O–H groups in total. The summed E-state index contributed by atoms with van der Waals surface area (Å²) >= 11 is 0. The van der Waals surface area contributed by atoms with Gasteiger partial charge in [0.05, 0.1) is 17.6 Å². The Morgan fingerprint density at radius 3 is 2.70 bits per heavy atom. The first kappa shape index (κ1) is 21.9. The highest BCUT2D eigenvalue weighted by Gasteiger charge is 2.10. The lowest BCUT2D eigenvalue weighted by molar-refractivity contribution is -0.118. The number of hydrogen-bond acceptors (Lipinski definition) is 3. The highest BCUT2D eigenvalue weighted by molar-refractivity contribution is 5.75. The Morgan fingerprint density at radius 1 is 1.07 bits per heavy atom. The number of benzene rings is 2. The summed E-state index contributed by atoms with van der Waals surface area (Å²) in [7, 11) is 0. The van der Waals surface area contributed by atoms with Crippen molar-refractivity contribution in [3.63, 3.8) is 0 Å². The van der Waals surface area contributed by atoms with Gasteiger partial charge in [0.15, 0.2) is 0 Å². The first-order valence-electron chi connectivity index (χ1n) is 10.9. The third-order valence-electron chi connectivity index (χ3n) is 5.30. The summed E-state index contributed by atoms with van der Waals surface area (Å²) in [6.07, 6.45) is 5.04. The van der Waals surface area contributed by atoms with E-state index in [9.17, 15) is 4.79 Å². The average molecular weight is 408 g/mol. The summed E-state index contributed by atoms with van der Waals surface area (Å²) in [5.41, 5.74) is 4.69. The fourth-order valence-electron chi connectivity index (χ4n) is 3.78. The zero-order chi connectivity index (χ0) is 21.3. The number of nitrogens with one attached hydrogen (secondary N) is 1. The molecule has 0 saturated carbocycles. The lowest BCUT2D eigenvalue weighted by Crippen LogP contribution is -2.20. The van der Waals surface area contributed by atoms with Crippen LogP contribution in [0.15, 0.2) is 42.5 Å². The maximum absolute atomic E-state index is 11.0. The van der Waals surface area contributed by atoms with Gasteiger partial charge < -0.3 is 14.6 Å². The molecule has 3 rings (SSSR count). The number of nitrogens with zero attached hydrogens (tertiary/aromatic N) is 2. The predicted octanol–water partition coefficient (Wildman–Crippen LogP) is 4.97. The second-order valence-electron chi connectivity index (χ2n) is 7.93. The van der Waals surface area contributed by atoms with Crippen molar-refractivity contribution in [3.05, 3.63) is 59.4 Å². The van der Waals surface area contributed by atoms with E-state index in [2.05, 4.69) is 60.1 Å². The van der Waals surface area contributed by atoms with Crippen LogP contribution in [0.5, 0.6) is 5.75 Å². The van der Waals surface area contributed by atoms with Gasteiger partial charge in [0.25, 0.3) is 0 Å². The molecule has 0 aliphatic carbocycles. The van der Waals surface area contributed by atoms with E-state index in [1.807, 2.05) is 6.07 Å². The van der Waals surface area contributed by atoms with Crippen LogP contribution in [-0.4, -0.2) is 28.6 Å². The molecule has 0 bridgehead atoms. The summed E-state index contributed by atoms with van der Waals surface area (Å²) in [5, 5.41) is 2.86. The molecule has 160 valence electrons. The highest BCUT2D eigenvalue weighted by Crippen LogP contribution is 2.20. The number of para-hydroxylation sites is 2. The van der Waals surface area contributed by atoms with Crippen LogP contribution in [0, 0.1) is 13.8 Å². The van der Waals surface area contributed by atoms with Crippen molar-refractivity contribution < 1.29 is 9.53 Å². The minimum Gasteiger partial charge on any atom is -0.493 e. The van der Waals surface area contributed by atoms with Crippen molar-refractivity contribution >= 4 is 16.9 Å². The monoisotopic (exact) mass is 407 g/mol. The second kappa shape index (κ2) is 10.8. The van der Waals surface area contributed by atoms with E-state index in [0.717, 1.165) is 62.3 Å². The maximum atomic E-state index is 11.0. The molecule has 5 heteroatoms. The molecule has 0 aliphatic rings. The van der Waals surface area contributed by atoms with Gasteiger partial charge in [-0.15, -0.1) is 0 Å². The van der Waals surface area contributed by atoms with Crippen LogP contribution >= 0.6 is 0 Å². The summed E-state index contributed by atoms with van der Waals surface area (Å²) < 4.78 is 8.36. The zero-order valence-electron chi connectivity index (χ0n) is 18.4. The van der Waals surface area contributed by atoms with Crippen molar-refractivity contribution in [2.45, 2.75) is 59.4 Å². The lowest BCUT2D eigenvalue weighted by Gasteiger charge is -2.12. The van der Waals surface area contributed by atoms with E-state index in [1.54, 1.807) is 6.92 Å². The van der Waals surface area contributed by atoms with Crippen LogP contribution in [0.2, 0.25) is 0 Å². The highest BCUT2D eigenvalue weighted by atomic mass is 16.5. The predicted molar refractivity (Wildman–Crippen MR) is 122 cm³/mol. The Morgan fingerprint density at radius 2 is 1.90 bits per heavy atom. The third kappa shape index (κ3) is 6.09. The summed E-state index contributed by atoms with van der Waals surface area (Å²) in [6, 6.07) is 14.7. The van der Waals surface area contributed by atoms with Crippen molar-refractivity contribution in [2.24, 2.45) is 0 Å². The van der Waals surface area contributed by atoms with Crippen LogP contribution in [0.25, 0.3) is 11.0 Å². The number of fused-ring (bicyclic) bond motifs is 1. The van der Waals surface area contributed by atoms with Gasteiger partial charge in [-0.2, -0.15) is 0 Å². The van der Waals surface area contributed by atoms with Gasteiger partial charge in [-0.3, -0.25) is 4.79 Å². The standard InChI is InChI=1S/C25H33N3O2/c1-19-13-14-24(20(2)18-19)30-17-9-16-28-23-11-7-6-10-22(23)27-25(28)12-5-4-8-15-26-21(3)29/h6-7,10-11,13-14,18H,4-5,8-9,12,15-17H2,1-3H3,(H,26,29). The molecule has 5 nitrogen and oxygen atoms in total. The molecule has 0 unspecified atom stereocenters. The molecule has 0 radical (unpaired) electrons. The van der Waals surface area contributed by atoms with Gasteiger partial charge in [-0.25, -0.2) is 4.98 Å². The molecule has 30 heavy (non-hydrogen) atoms. The Labute approximate surface area is 179 Å². The smallest absolute Gasteiger partial charge is 0.216 e. The quantitative estimate of drug-likeness (QED) is 0.457. The number of amides is 1. The zero-order valence-corrected chi connectivity index (χ0v) is 18.4. The van der Waals surface area contributed by atoms with Gasteiger partial charge in [-0.05, 0) is 56.9 Å². The molecular weight excluding hydrogens is 374 g/mol. The van der Waals surface area contributed by atoms with E-state index < -0.39 is 0 Å². The van der Waals surface area contributed by atoms with Crippen LogP contribution in [-0.2, 0) is 17.8 Å². The van der Waals surface area contributed by atoms with Gasteiger partial charge in [-0.1, -0.05) is 36.2 Å². The topological polar surface area (TPSA) is 56.2 Å². The summed E-state index contributed by atoms with van der Waals surface area (Å²) in [6.45, 7) is 8.09. The molecular formula is C25H33N3O2. The number of aromatic nitrogens is 2. The van der Waals surface area contributed by atoms with E-state index in [-0.39, 0.29) is 5.91 Å². The van der Waals surface area contributed by atoms with Gasteiger partial charge in [0.1, 0.15) is 11.6 Å². The van der Waals surface area contributed by atoms with E-state index in [4.69, 9.17) is 9.72 Å². The number of rotatable bonds is 11. The number of hydrogen-bond donors (Lipinski definition) is 1. The van der Waals surface area contributed by atoms with Crippen molar-refractivity contribution in [1.82, 2.24) is 14.9 Å². The summed E-state index contributed by atoms with van der Waals surface area (Å²) in [4.78, 5) is 15.8. The Hall–Kier alpha value is -2.82. The van der Waals surface area contributed by atoms with E-state index >= 15 is 0 Å². The van der Waals surface area contributed by atoms with Crippen LogP contribution < -0.4 is 10.1 Å². The minimum absolute atomic E-state index is 0.0415. The van der Waals surface area contributed by atoms with Crippen molar-refractivity contribution in [1.29, 1.82) is 0 Å². The fraction of sp³-hybridized carbons (Fsp3) is 0.440. The molecule has 0 fully saturated rings. The number of imidazole rings is 1. The Bertz CT molecular complexity index is 978. The van der Waals surface area contributed by atoms with Crippen LogP contribution in [0.4, 0.5) is 0 Å². The lowest BCUT2D eigenvalue weighted by atomic mass is 10.1. The van der Waals surface area contributed by atoms with E-state index in [0.29, 0.717) is 6.61 Å². The third-order valence-corrected chi connectivity index (χ3v) is 5.30. The largest absolute Gasteiger partial charge is 0.493 e. The van der Waals surface area contributed by atoms with E-state index in [1.165, 1.54) is 16.6 Å². The molecule has 0 aliphatic heterocycles. The molecule has 3 aromatic rings. The molecule has 2 aromatic carbocycles. The van der Waals surface area contributed by atoms with Crippen molar-refractivity contribution in [3.8, 4) is 5.75 Å². The molecule has 0 atom stereocenters. The second-order valence-corrected chi connectivity index (χ2v) is 7.93. The van der Waals surface area contributed by atoms with Gasteiger partial charge >= 0.3 is 0 Å². The SMILES string of the molecule is CC(=O)NCCCCCc1nc2ccccc2n1CCCOc1ccc(C)cc1C. The van der Waals surface area contributed by atoms with Crippen LogP contribution in [0.3, 0.4) is 0 Å². The molecule has 0 spiro atoms. The molecule has 1 aromatic heterocycles. The molecule has 1 heterocycles. The Balaban J connectivity index is 1.55. The number of carbonyl (C=O) groups excluding carboxylic acids is 1. The average Bonchev–Trinajstić information content (AvgIpc) is 3.06. The maximum Gasteiger partial charge on any atom is 0.216 e. The fourth-order valence-corrected chi connectivity index (χ4v) is 3.78. The number of carbonyl (C=O) groups is 1. The normalized spacial score (nSPS) is 11.0. The molecule has 1 amide bonds. The van der Waals surface area contributed by atoms with Gasteiger partial charge in [0, 0.05) is 26.4 Å². The minimum atomic E-state index is 0.0415. The van der Waals surface area contributed by atoms with Crippen LogP contribution in [0.1, 0.15) is 49.6 Å². The first-order chi connectivity index (χ1) is 14.5. The Kier molecular flexibility index (Phi) is 7.89. The van der Waals surface area contributed by atoms with Crippen molar-refractivity contribution in [2.75, 3.05) is 13.2 Å².